The number of benzene rings is 2. The standard InChI is InChI=1S/C36H46N8O2/c1-21(2)31(37)35(45)43-17-5-7-29(43)33-39-19-27(41-33)25-13-9-23(10-14-25)24-11-15-26(16-12-24)28-20-40-34(42-28)30-8-6-18-44(30)36(46)32(38)22(3)4/h9-16,19-22,29-32H,5-8,17-18,37-38H2,1-4H3,(H,39,41)(H,40,42)/t29-,30-,31+,32+/m1/s1. The van der Waals surface area contributed by atoms with Gasteiger partial charge >= 0.3 is 0 Å². The summed E-state index contributed by atoms with van der Waals surface area (Å²) >= 11 is 0. The topological polar surface area (TPSA) is 150 Å². The van der Waals surface area contributed by atoms with Crippen molar-refractivity contribution in [1.29, 1.82) is 0 Å². The van der Waals surface area contributed by atoms with Gasteiger partial charge in [0.15, 0.2) is 0 Å². The number of imidazole rings is 2. The van der Waals surface area contributed by atoms with E-state index in [9.17, 15) is 9.59 Å². The maximum atomic E-state index is 13.0. The molecule has 4 aromatic rings. The van der Waals surface area contributed by atoms with Crippen LogP contribution in [0.1, 0.15) is 77.1 Å². The lowest BCUT2D eigenvalue weighted by Gasteiger charge is -2.27. The van der Waals surface area contributed by atoms with Crippen molar-refractivity contribution in [2.24, 2.45) is 23.3 Å². The SMILES string of the molecule is CC(C)[C@H](N)C(=O)N1CCC[C@@H]1c1ncc(-c2ccc(-c3ccc(-c4cnc([C@H]5CCCN5C(=O)[C@@H](N)C(C)C)[nH]4)cc3)cc2)[nH]1. The number of hydrogen-bond donors (Lipinski definition) is 4. The van der Waals surface area contributed by atoms with Crippen LogP contribution < -0.4 is 11.5 Å². The van der Waals surface area contributed by atoms with Crippen LogP contribution in [0.3, 0.4) is 0 Å². The number of aromatic nitrogens is 4. The van der Waals surface area contributed by atoms with Gasteiger partial charge in [0.05, 0.1) is 47.9 Å². The van der Waals surface area contributed by atoms with Gasteiger partial charge in [-0.1, -0.05) is 76.2 Å². The molecular formula is C36H46N8O2. The minimum atomic E-state index is -0.497. The molecule has 2 amide bonds. The molecule has 2 aromatic heterocycles. The molecule has 2 fully saturated rings. The normalized spacial score (nSPS) is 19.7. The molecule has 0 bridgehead atoms. The maximum Gasteiger partial charge on any atom is 0.240 e. The number of nitrogens with one attached hydrogen (secondary N) is 2. The van der Waals surface area contributed by atoms with Gasteiger partial charge in [-0.15, -0.1) is 0 Å². The van der Waals surface area contributed by atoms with E-state index >= 15 is 0 Å². The van der Waals surface area contributed by atoms with Gasteiger partial charge in [0.25, 0.3) is 0 Å². The molecule has 6 N–H and O–H groups in total. The highest BCUT2D eigenvalue weighted by Gasteiger charge is 2.36. The summed E-state index contributed by atoms with van der Waals surface area (Å²) in [5, 5.41) is 0. The fraction of sp³-hybridized carbons (Fsp3) is 0.444. The smallest absolute Gasteiger partial charge is 0.240 e. The second-order valence-electron chi connectivity index (χ2n) is 13.4. The number of aromatic amines is 2. The zero-order chi connectivity index (χ0) is 32.5. The van der Waals surface area contributed by atoms with Crippen molar-refractivity contribution < 1.29 is 9.59 Å². The van der Waals surface area contributed by atoms with E-state index in [-0.39, 0.29) is 35.7 Å². The Morgan fingerprint density at radius 1 is 0.652 bits per heavy atom. The lowest BCUT2D eigenvalue weighted by molar-refractivity contribution is -0.135. The molecule has 10 nitrogen and oxygen atoms in total. The molecule has 2 aromatic carbocycles. The van der Waals surface area contributed by atoms with E-state index < -0.39 is 12.1 Å². The molecular weight excluding hydrogens is 576 g/mol. The van der Waals surface area contributed by atoms with E-state index in [1.807, 2.05) is 49.9 Å². The molecule has 2 aliphatic rings. The molecule has 4 atom stereocenters. The van der Waals surface area contributed by atoms with Gasteiger partial charge in [-0.05, 0) is 59.8 Å². The summed E-state index contributed by atoms with van der Waals surface area (Å²) in [6.45, 7) is 9.34. The van der Waals surface area contributed by atoms with Gasteiger partial charge in [-0.3, -0.25) is 9.59 Å². The molecule has 46 heavy (non-hydrogen) atoms. The number of carbonyl (C=O) groups excluding carboxylic acids is 2. The highest BCUT2D eigenvalue weighted by atomic mass is 16.2. The van der Waals surface area contributed by atoms with Crippen LogP contribution in [0.15, 0.2) is 60.9 Å². The molecule has 242 valence electrons. The third kappa shape index (κ3) is 6.24. The van der Waals surface area contributed by atoms with Crippen LogP contribution in [0, 0.1) is 11.8 Å². The van der Waals surface area contributed by atoms with Gasteiger partial charge in [0, 0.05) is 13.1 Å². The minimum absolute atomic E-state index is 0.00181. The summed E-state index contributed by atoms with van der Waals surface area (Å²) in [4.78, 5) is 46.0. The van der Waals surface area contributed by atoms with Crippen LogP contribution in [-0.2, 0) is 9.59 Å². The monoisotopic (exact) mass is 622 g/mol. The van der Waals surface area contributed by atoms with E-state index in [4.69, 9.17) is 11.5 Å². The third-order valence-electron chi connectivity index (χ3n) is 9.63. The number of H-pyrrole nitrogens is 2. The van der Waals surface area contributed by atoms with Crippen LogP contribution in [0.5, 0.6) is 0 Å². The average Bonchev–Trinajstić information content (AvgIpc) is 3.89. The predicted octanol–water partition coefficient (Wildman–Crippen LogP) is 5.43. The van der Waals surface area contributed by atoms with E-state index in [0.717, 1.165) is 71.0 Å². The van der Waals surface area contributed by atoms with Gasteiger partial charge in [-0.25, -0.2) is 9.97 Å². The van der Waals surface area contributed by atoms with Gasteiger partial charge in [0.2, 0.25) is 11.8 Å². The van der Waals surface area contributed by atoms with E-state index in [1.165, 1.54) is 0 Å². The molecule has 10 heteroatoms. The summed E-state index contributed by atoms with van der Waals surface area (Å²) in [6.07, 6.45) is 7.34. The number of hydrogen-bond acceptors (Lipinski definition) is 6. The molecule has 6 rings (SSSR count). The Bertz CT molecular complexity index is 1530. The largest absolute Gasteiger partial charge is 0.340 e. The average molecular weight is 623 g/mol. The van der Waals surface area contributed by atoms with Crippen molar-refractivity contribution in [1.82, 2.24) is 29.7 Å². The van der Waals surface area contributed by atoms with E-state index in [0.29, 0.717) is 13.1 Å². The fourth-order valence-corrected chi connectivity index (χ4v) is 6.57. The van der Waals surface area contributed by atoms with Crippen molar-refractivity contribution in [3.8, 4) is 33.6 Å². The highest BCUT2D eigenvalue weighted by molar-refractivity contribution is 5.83. The first-order chi connectivity index (χ1) is 22.1. The van der Waals surface area contributed by atoms with Crippen LogP contribution in [0.25, 0.3) is 33.6 Å². The van der Waals surface area contributed by atoms with Crippen LogP contribution in [0.4, 0.5) is 0 Å². The number of nitrogens with zero attached hydrogens (tertiary/aromatic N) is 4. The zero-order valence-corrected chi connectivity index (χ0v) is 27.2. The first kappa shape index (κ1) is 31.7. The Morgan fingerprint density at radius 2 is 1.00 bits per heavy atom. The van der Waals surface area contributed by atoms with E-state index in [1.54, 1.807) is 0 Å². The van der Waals surface area contributed by atoms with Crippen molar-refractivity contribution in [3.63, 3.8) is 0 Å². The molecule has 0 radical (unpaired) electrons. The lowest BCUT2D eigenvalue weighted by atomic mass is 10.0. The molecule has 0 saturated carbocycles. The van der Waals surface area contributed by atoms with Crippen LogP contribution in [0.2, 0.25) is 0 Å². The number of nitrogens with two attached hydrogens (primary N) is 2. The van der Waals surface area contributed by atoms with Crippen LogP contribution in [-0.4, -0.2) is 66.7 Å². The Hall–Kier alpha value is -4.28. The Balaban J connectivity index is 1.12. The molecule has 4 heterocycles. The predicted molar refractivity (Wildman–Crippen MR) is 180 cm³/mol. The Kier molecular flexibility index (Phi) is 9.11. The molecule has 0 unspecified atom stereocenters. The summed E-state index contributed by atoms with van der Waals surface area (Å²) in [6, 6.07) is 15.7. The Labute approximate surface area is 271 Å². The van der Waals surface area contributed by atoms with Crippen molar-refractivity contribution in [3.05, 3.63) is 72.6 Å². The number of carbonyl (C=O) groups is 2. The van der Waals surface area contributed by atoms with Crippen molar-refractivity contribution >= 4 is 11.8 Å². The first-order valence-electron chi connectivity index (χ1n) is 16.6. The van der Waals surface area contributed by atoms with Crippen molar-refractivity contribution in [2.45, 2.75) is 77.5 Å². The summed E-state index contributed by atoms with van der Waals surface area (Å²) in [7, 11) is 0. The molecule has 2 saturated heterocycles. The quantitative estimate of drug-likeness (QED) is 0.196. The maximum absolute atomic E-state index is 13.0. The highest BCUT2D eigenvalue weighted by Crippen LogP contribution is 2.34. The van der Waals surface area contributed by atoms with Gasteiger partial charge in [-0.2, -0.15) is 0 Å². The summed E-state index contributed by atoms with van der Waals surface area (Å²) < 4.78 is 0. The number of amides is 2. The second kappa shape index (κ2) is 13.2. The molecule has 2 aliphatic heterocycles. The minimum Gasteiger partial charge on any atom is -0.340 e. The number of rotatable bonds is 9. The molecule has 0 spiro atoms. The number of likely N-dealkylation sites (tertiary alicyclic amines) is 2. The third-order valence-corrected chi connectivity index (χ3v) is 9.63. The fourth-order valence-electron chi connectivity index (χ4n) is 6.57. The lowest BCUT2D eigenvalue weighted by Crippen LogP contribution is -2.46. The zero-order valence-electron chi connectivity index (χ0n) is 27.2. The van der Waals surface area contributed by atoms with Crippen LogP contribution >= 0.6 is 0 Å². The van der Waals surface area contributed by atoms with E-state index in [2.05, 4.69) is 68.5 Å². The molecule has 0 aliphatic carbocycles. The first-order valence-corrected chi connectivity index (χ1v) is 16.6. The van der Waals surface area contributed by atoms with Crippen molar-refractivity contribution in [2.75, 3.05) is 13.1 Å². The van der Waals surface area contributed by atoms with Gasteiger partial charge in [0.1, 0.15) is 11.6 Å². The van der Waals surface area contributed by atoms with Gasteiger partial charge < -0.3 is 31.2 Å². The Morgan fingerprint density at radius 3 is 1.35 bits per heavy atom. The second-order valence-corrected chi connectivity index (χ2v) is 13.4. The summed E-state index contributed by atoms with van der Waals surface area (Å²) in [5.41, 5.74) is 18.5. The summed E-state index contributed by atoms with van der Waals surface area (Å²) in [5.74, 6) is 1.80.